The van der Waals surface area contributed by atoms with Gasteiger partial charge in [-0.25, -0.2) is 4.98 Å². The Bertz CT molecular complexity index is 632. The maximum Gasteiger partial charge on any atom is 0.277 e. The number of hydrogen-bond donors (Lipinski definition) is 1. The molecule has 0 spiro atoms. The lowest BCUT2D eigenvalue weighted by Crippen LogP contribution is -2.15. The molecule has 0 bridgehead atoms. The first-order valence-corrected chi connectivity index (χ1v) is 7.13. The molecule has 2 aromatic heterocycles. The fourth-order valence-corrected chi connectivity index (χ4v) is 2.62. The van der Waals surface area contributed by atoms with Crippen LogP contribution in [0.25, 0.3) is 0 Å². The van der Waals surface area contributed by atoms with Crippen molar-refractivity contribution in [3.8, 4) is 5.75 Å². The number of methoxy groups -OCH3 is 1. The Kier molecular flexibility index (Phi) is 3.85. The second-order valence-electron chi connectivity index (χ2n) is 5.15. The van der Waals surface area contributed by atoms with Gasteiger partial charge in [0.1, 0.15) is 11.6 Å². The number of nitrogens with zero attached hydrogens (tertiary/aromatic N) is 3. The number of carbonyl (C=O) groups is 1. The van der Waals surface area contributed by atoms with E-state index in [0.717, 1.165) is 12.8 Å². The molecule has 110 valence electrons. The van der Waals surface area contributed by atoms with Crippen LogP contribution in [0.5, 0.6) is 5.75 Å². The summed E-state index contributed by atoms with van der Waals surface area (Å²) in [6.07, 6.45) is 8.22. The van der Waals surface area contributed by atoms with Crippen LogP contribution in [-0.4, -0.2) is 27.8 Å². The van der Waals surface area contributed by atoms with E-state index in [0.29, 0.717) is 23.3 Å². The number of hydrogen-bond acceptors (Lipinski definition) is 4. The number of carbonyl (C=O) groups excluding carboxylic acids is 1. The first-order chi connectivity index (χ1) is 10.3. The molecule has 21 heavy (non-hydrogen) atoms. The van der Waals surface area contributed by atoms with Gasteiger partial charge in [0, 0.05) is 18.5 Å². The Morgan fingerprint density at radius 3 is 2.95 bits per heavy atom. The second-order valence-corrected chi connectivity index (χ2v) is 5.15. The normalized spacial score (nSPS) is 15.1. The summed E-state index contributed by atoms with van der Waals surface area (Å²) in [5.41, 5.74) is 0.409. The Morgan fingerprint density at radius 1 is 1.38 bits per heavy atom. The van der Waals surface area contributed by atoms with E-state index in [9.17, 15) is 4.79 Å². The fraction of sp³-hybridized carbons (Fsp3) is 0.400. The molecule has 2 aromatic rings. The lowest BCUT2D eigenvalue weighted by Gasteiger charge is -2.08. The van der Waals surface area contributed by atoms with Gasteiger partial charge in [-0.05, 0) is 25.0 Å². The molecule has 1 amide bonds. The fourth-order valence-electron chi connectivity index (χ4n) is 2.62. The zero-order chi connectivity index (χ0) is 14.7. The molecule has 0 unspecified atom stereocenters. The average Bonchev–Trinajstić information content (AvgIpc) is 3.18. The van der Waals surface area contributed by atoms with E-state index >= 15 is 0 Å². The summed E-state index contributed by atoms with van der Waals surface area (Å²) in [5.74, 6) is 0.846. The van der Waals surface area contributed by atoms with Gasteiger partial charge >= 0.3 is 0 Å². The Balaban J connectivity index is 1.70. The van der Waals surface area contributed by atoms with Gasteiger partial charge < -0.3 is 10.1 Å². The summed E-state index contributed by atoms with van der Waals surface area (Å²) < 4.78 is 7.01. The van der Waals surface area contributed by atoms with Gasteiger partial charge in [0.05, 0.1) is 13.2 Å². The standard InChI is InChI=1S/C15H18N4O2/c1-21-12-6-8-16-14(10-12)17-15(20)13-7-9-19(18-13)11-4-2-3-5-11/h6-11H,2-5H2,1H3,(H,16,17,20). The van der Waals surface area contributed by atoms with Gasteiger partial charge in [-0.1, -0.05) is 12.8 Å². The van der Waals surface area contributed by atoms with E-state index < -0.39 is 0 Å². The first kappa shape index (κ1) is 13.6. The van der Waals surface area contributed by atoms with Crippen LogP contribution < -0.4 is 10.1 Å². The van der Waals surface area contributed by atoms with Gasteiger partial charge in [-0.3, -0.25) is 9.48 Å². The number of nitrogens with one attached hydrogen (secondary N) is 1. The van der Waals surface area contributed by atoms with Crippen LogP contribution in [0.2, 0.25) is 0 Å². The maximum absolute atomic E-state index is 12.2. The summed E-state index contributed by atoms with van der Waals surface area (Å²) >= 11 is 0. The molecule has 1 saturated carbocycles. The molecular formula is C15H18N4O2. The van der Waals surface area contributed by atoms with Crippen LogP contribution in [0.4, 0.5) is 5.82 Å². The van der Waals surface area contributed by atoms with Crippen molar-refractivity contribution in [3.63, 3.8) is 0 Å². The Hall–Kier alpha value is -2.37. The van der Waals surface area contributed by atoms with Crippen LogP contribution in [0.15, 0.2) is 30.6 Å². The van der Waals surface area contributed by atoms with Crippen molar-refractivity contribution in [2.24, 2.45) is 0 Å². The predicted octanol–water partition coefficient (Wildman–Crippen LogP) is 2.65. The van der Waals surface area contributed by atoms with Crippen LogP contribution in [0.1, 0.15) is 42.2 Å². The minimum Gasteiger partial charge on any atom is -0.497 e. The molecule has 0 aromatic carbocycles. The molecule has 6 heteroatoms. The van der Waals surface area contributed by atoms with E-state index in [1.807, 2.05) is 10.9 Å². The monoisotopic (exact) mass is 286 g/mol. The number of pyridine rings is 1. The molecule has 0 atom stereocenters. The number of anilines is 1. The minimum atomic E-state index is -0.257. The van der Waals surface area contributed by atoms with Crippen molar-refractivity contribution < 1.29 is 9.53 Å². The quantitative estimate of drug-likeness (QED) is 0.938. The topological polar surface area (TPSA) is 69.0 Å². The maximum atomic E-state index is 12.2. The zero-order valence-electron chi connectivity index (χ0n) is 12.0. The molecule has 1 fully saturated rings. The number of ether oxygens (including phenoxy) is 1. The number of aromatic nitrogens is 3. The van der Waals surface area contributed by atoms with E-state index in [4.69, 9.17) is 4.74 Å². The molecule has 1 N–H and O–H groups in total. The molecule has 2 heterocycles. The summed E-state index contributed by atoms with van der Waals surface area (Å²) in [6, 6.07) is 5.57. The predicted molar refractivity (Wildman–Crippen MR) is 78.5 cm³/mol. The molecule has 0 radical (unpaired) electrons. The van der Waals surface area contributed by atoms with Crippen LogP contribution >= 0.6 is 0 Å². The zero-order valence-corrected chi connectivity index (χ0v) is 12.0. The van der Waals surface area contributed by atoms with Gasteiger partial charge in [0.25, 0.3) is 5.91 Å². The van der Waals surface area contributed by atoms with Gasteiger partial charge in [-0.15, -0.1) is 0 Å². The second kappa shape index (κ2) is 5.95. The van der Waals surface area contributed by atoms with Crippen molar-refractivity contribution in [1.82, 2.24) is 14.8 Å². The highest BCUT2D eigenvalue weighted by molar-refractivity contribution is 6.02. The smallest absolute Gasteiger partial charge is 0.277 e. The Morgan fingerprint density at radius 2 is 2.19 bits per heavy atom. The minimum absolute atomic E-state index is 0.257. The summed E-state index contributed by atoms with van der Waals surface area (Å²) in [4.78, 5) is 16.3. The molecule has 3 rings (SSSR count). The highest BCUT2D eigenvalue weighted by Gasteiger charge is 2.19. The van der Waals surface area contributed by atoms with Crippen molar-refractivity contribution in [3.05, 3.63) is 36.3 Å². The highest BCUT2D eigenvalue weighted by atomic mass is 16.5. The molecular weight excluding hydrogens is 268 g/mol. The van der Waals surface area contributed by atoms with Crippen molar-refractivity contribution in [2.45, 2.75) is 31.7 Å². The third-order valence-electron chi connectivity index (χ3n) is 3.75. The summed E-state index contributed by atoms with van der Waals surface area (Å²) in [7, 11) is 1.57. The molecule has 1 aliphatic carbocycles. The van der Waals surface area contributed by atoms with E-state index in [-0.39, 0.29) is 5.91 Å². The summed E-state index contributed by atoms with van der Waals surface area (Å²) in [5, 5.41) is 7.11. The lowest BCUT2D eigenvalue weighted by molar-refractivity contribution is 0.102. The van der Waals surface area contributed by atoms with Gasteiger partial charge in [-0.2, -0.15) is 5.10 Å². The average molecular weight is 286 g/mol. The van der Waals surface area contributed by atoms with Crippen molar-refractivity contribution in [2.75, 3.05) is 12.4 Å². The largest absolute Gasteiger partial charge is 0.497 e. The third kappa shape index (κ3) is 3.04. The molecule has 0 saturated heterocycles. The van der Waals surface area contributed by atoms with E-state index in [2.05, 4.69) is 15.4 Å². The van der Waals surface area contributed by atoms with E-state index in [1.54, 1.807) is 31.5 Å². The number of rotatable bonds is 4. The Labute approximate surface area is 123 Å². The lowest BCUT2D eigenvalue weighted by atomic mass is 10.3. The SMILES string of the molecule is COc1ccnc(NC(=O)c2ccn(C3CCCC3)n2)c1. The third-order valence-corrected chi connectivity index (χ3v) is 3.75. The van der Waals surface area contributed by atoms with Crippen LogP contribution in [0, 0.1) is 0 Å². The highest BCUT2D eigenvalue weighted by Crippen LogP contribution is 2.28. The first-order valence-electron chi connectivity index (χ1n) is 7.13. The van der Waals surface area contributed by atoms with Crippen molar-refractivity contribution >= 4 is 11.7 Å². The van der Waals surface area contributed by atoms with Gasteiger partial charge in [0.2, 0.25) is 0 Å². The summed E-state index contributed by atoms with van der Waals surface area (Å²) in [6.45, 7) is 0. The van der Waals surface area contributed by atoms with Crippen molar-refractivity contribution in [1.29, 1.82) is 0 Å². The van der Waals surface area contributed by atoms with Gasteiger partial charge in [0.15, 0.2) is 5.69 Å². The molecule has 6 nitrogen and oxygen atoms in total. The van der Waals surface area contributed by atoms with Crippen LogP contribution in [-0.2, 0) is 0 Å². The van der Waals surface area contributed by atoms with Crippen LogP contribution in [0.3, 0.4) is 0 Å². The van der Waals surface area contributed by atoms with E-state index in [1.165, 1.54) is 12.8 Å². The number of amides is 1. The molecule has 0 aliphatic heterocycles. The molecule has 1 aliphatic rings.